The van der Waals surface area contributed by atoms with Crippen LogP contribution in [0.2, 0.25) is 0 Å². The van der Waals surface area contributed by atoms with Crippen LogP contribution in [0.3, 0.4) is 0 Å². The fourth-order valence-corrected chi connectivity index (χ4v) is 4.55. The van der Waals surface area contributed by atoms with Gasteiger partial charge in [-0.1, -0.05) is 18.2 Å². The lowest BCUT2D eigenvalue weighted by atomic mass is 10.1. The number of likely N-dealkylation sites (N-methyl/N-ethyl adjacent to an activating group) is 1. The van der Waals surface area contributed by atoms with Gasteiger partial charge in [-0.2, -0.15) is 0 Å². The summed E-state index contributed by atoms with van der Waals surface area (Å²) < 4.78 is 11.5. The van der Waals surface area contributed by atoms with Crippen LogP contribution in [0.25, 0.3) is 11.5 Å². The van der Waals surface area contributed by atoms with Gasteiger partial charge in [0, 0.05) is 42.8 Å². The zero-order valence-electron chi connectivity index (χ0n) is 18.7. The maximum atomic E-state index is 6.09. The van der Waals surface area contributed by atoms with Crippen LogP contribution in [-0.4, -0.2) is 55.0 Å². The molecule has 3 aromatic rings. The van der Waals surface area contributed by atoms with Gasteiger partial charge < -0.3 is 19.3 Å². The molecule has 0 amide bonds. The van der Waals surface area contributed by atoms with E-state index in [0.29, 0.717) is 19.2 Å². The largest absolute Gasteiger partial charge is 0.497 e. The monoisotopic (exact) mass is 431 g/mol. The summed E-state index contributed by atoms with van der Waals surface area (Å²) in [6.45, 7) is 2.22. The van der Waals surface area contributed by atoms with E-state index in [4.69, 9.17) is 19.4 Å². The number of para-hydroxylation sites is 1. The number of benzene rings is 1. The first kappa shape index (κ1) is 20.7. The number of fused-ring (bicyclic) bond motifs is 1. The highest BCUT2D eigenvalue weighted by Crippen LogP contribution is 2.33. The number of hydrogen-bond acceptors (Lipinski definition) is 7. The standard InChI is InChI=1S/C25H29N5O2/c1-29(19-12-14-30(17-32-16-19)18-7-4-3-5-8-18)25-21-9-6-10-22(21)27-24(28-25)23-15-20(31-2)11-13-26-23/h3-5,7-8,11,13,15,19H,6,9-10,12,14,16-17H2,1-2H3/t19-/m1/s1. The van der Waals surface area contributed by atoms with Crippen LogP contribution in [0.1, 0.15) is 24.1 Å². The molecule has 3 heterocycles. The van der Waals surface area contributed by atoms with Crippen LogP contribution in [0.4, 0.5) is 11.5 Å². The van der Waals surface area contributed by atoms with Crippen LogP contribution in [0, 0.1) is 0 Å². The lowest BCUT2D eigenvalue weighted by molar-refractivity contribution is 0.134. The summed E-state index contributed by atoms with van der Waals surface area (Å²) in [7, 11) is 3.79. The Balaban J connectivity index is 1.42. The highest BCUT2D eigenvalue weighted by Gasteiger charge is 2.28. The average molecular weight is 432 g/mol. The Labute approximate surface area is 189 Å². The topological polar surface area (TPSA) is 63.6 Å². The number of aryl methyl sites for hydroxylation is 1. The first-order valence-electron chi connectivity index (χ1n) is 11.2. The van der Waals surface area contributed by atoms with Crippen LogP contribution < -0.4 is 14.5 Å². The molecule has 7 heteroatoms. The molecule has 32 heavy (non-hydrogen) atoms. The van der Waals surface area contributed by atoms with Gasteiger partial charge in [0.1, 0.15) is 24.0 Å². The second-order valence-corrected chi connectivity index (χ2v) is 8.38. The number of rotatable bonds is 5. The molecule has 1 aliphatic heterocycles. The number of nitrogens with zero attached hydrogens (tertiary/aromatic N) is 5. The minimum atomic E-state index is 0.245. The molecule has 0 unspecified atom stereocenters. The van der Waals surface area contributed by atoms with Gasteiger partial charge in [-0.15, -0.1) is 0 Å². The molecule has 1 saturated heterocycles. The Bertz CT molecular complexity index is 1080. The van der Waals surface area contributed by atoms with E-state index >= 15 is 0 Å². The van der Waals surface area contributed by atoms with Gasteiger partial charge in [0.15, 0.2) is 5.82 Å². The van der Waals surface area contributed by atoms with E-state index in [9.17, 15) is 0 Å². The van der Waals surface area contributed by atoms with E-state index in [1.807, 2.05) is 18.2 Å². The summed E-state index contributed by atoms with van der Waals surface area (Å²) in [5.41, 5.74) is 4.34. The Morgan fingerprint density at radius 1 is 1.12 bits per heavy atom. The Hall–Kier alpha value is -3.19. The summed E-state index contributed by atoms with van der Waals surface area (Å²) in [5, 5.41) is 0. The molecule has 1 atom stereocenters. The third-order valence-electron chi connectivity index (χ3n) is 6.40. The first-order valence-corrected chi connectivity index (χ1v) is 11.2. The van der Waals surface area contributed by atoms with Crippen LogP contribution >= 0.6 is 0 Å². The molecule has 1 aromatic carbocycles. The lowest BCUT2D eigenvalue weighted by Crippen LogP contribution is -2.37. The summed E-state index contributed by atoms with van der Waals surface area (Å²) in [5.74, 6) is 2.42. The lowest BCUT2D eigenvalue weighted by Gasteiger charge is -2.29. The molecular formula is C25H29N5O2. The normalized spacial score (nSPS) is 18.2. The van der Waals surface area contributed by atoms with Crippen molar-refractivity contribution in [1.29, 1.82) is 0 Å². The van der Waals surface area contributed by atoms with Crippen LogP contribution in [0.5, 0.6) is 5.75 Å². The van der Waals surface area contributed by atoms with Crippen molar-refractivity contribution in [2.75, 3.05) is 43.8 Å². The number of hydrogen-bond donors (Lipinski definition) is 0. The summed E-state index contributed by atoms with van der Waals surface area (Å²) in [6, 6.07) is 14.4. The smallest absolute Gasteiger partial charge is 0.180 e. The first-order chi connectivity index (χ1) is 15.7. The Morgan fingerprint density at radius 3 is 2.84 bits per heavy atom. The predicted octanol–water partition coefficient (Wildman–Crippen LogP) is 3.73. The van der Waals surface area contributed by atoms with Crippen LogP contribution in [-0.2, 0) is 17.6 Å². The van der Waals surface area contributed by atoms with Gasteiger partial charge in [-0.25, -0.2) is 9.97 Å². The quantitative estimate of drug-likeness (QED) is 0.610. The third kappa shape index (κ3) is 4.12. The van der Waals surface area contributed by atoms with E-state index in [-0.39, 0.29) is 6.04 Å². The van der Waals surface area contributed by atoms with Gasteiger partial charge in [0.2, 0.25) is 0 Å². The van der Waals surface area contributed by atoms with Crippen molar-refractivity contribution in [2.24, 2.45) is 0 Å². The van der Waals surface area contributed by atoms with Crippen molar-refractivity contribution >= 4 is 11.5 Å². The van der Waals surface area contributed by atoms with E-state index < -0.39 is 0 Å². The van der Waals surface area contributed by atoms with Crippen molar-refractivity contribution in [3.05, 3.63) is 59.9 Å². The van der Waals surface area contributed by atoms with Gasteiger partial charge in [0.25, 0.3) is 0 Å². The fourth-order valence-electron chi connectivity index (χ4n) is 4.55. The van der Waals surface area contributed by atoms with E-state index in [2.05, 4.69) is 46.1 Å². The average Bonchev–Trinajstić information content (AvgIpc) is 3.19. The molecule has 0 radical (unpaired) electrons. The van der Waals surface area contributed by atoms with E-state index in [1.165, 1.54) is 11.3 Å². The second-order valence-electron chi connectivity index (χ2n) is 8.38. The Morgan fingerprint density at radius 2 is 2.00 bits per heavy atom. The van der Waals surface area contributed by atoms with Gasteiger partial charge in [-0.05, 0) is 43.9 Å². The number of pyridine rings is 1. The molecular weight excluding hydrogens is 402 g/mol. The van der Waals surface area contributed by atoms with Crippen molar-refractivity contribution in [2.45, 2.75) is 31.7 Å². The van der Waals surface area contributed by atoms with Gasteiger partial charge in [0.05, 0.1) is 19.8 Å². The van der Waals surface area contributed by atoms with E-state index in [0.717, 1.165) is 55.2 Å². The zero-order valence-corrected chi connectivity index (χ0v) is 18.7. The van der Waals surface area contributed by atoms with Gasteiger partial charge in [-0.3, -0.25) is 4.98 Å². The van der Waals surface area contributed by atoms with E-state index in [1.54, 1.807) is 13.3 Å². The van der Waals surface area contributed by atoms with Crippen LogP contribution in [0.15, 0.2) is 48.7 Å². The molecule has 1 fully saturated rings. The second kappa shape index (κ2) is 9.12. The molecule has 0 spiro atoms. The maximum Gasteiger partial charge on any atom is 0.180 e. The summed E-state index contributed by atoms with van der Waals surface area (Å²) in [4.78, 5) is 19.0. The number of ether oxygens (including phenoxy) is 2. The Kier molecular flexibility index (Phi) is 5.90. The summed E-state index contributed by atoms with van der Waals surface area (Å²) in [6.07, 6.45) is 5.86. The molecule has 0 saturated carbocycles. The molecule has 7 nitrogen and oxygen atoms in total. The molecule has 0 bridgehead atoms. The minimum Gasteiger partial charge on any atom is -0.497 e. The predicted molar refractivity (Wildman–Crippen MR) is 125 cm³/mol. The summed E-state index contributed by atoms with van der Waals surface area (Å²) >= 11 is 0. The maximum absolute atomic E-state index is 6.09. The molecule has 1 aliphatic carbocycles. The third-order valence-corrected chi connectivity index (χ3v) is 6.40. The van der Waals surface area contributed by atoms with Crippen molar-refractivity contribution in [1.82, 2.24) is 15.0 Å². The molecule has 0 N–H and O–H groups in total. The highest BCUT2D eigenvalue weighted by atomic mass is 16.5. The van der Waals surface area contributed by atoms with Gasteiger partial charge >= 0.3 is 0 Å². The molecule has 5 rings (SSSR count). The van der Waals surface area contributed by atoms with Crippen molar-refractivity contribution in [3.8, 4) is 17.3 Å². The molecule has 2 aromatic heterocycles. The fraction of sp³-hybridized carbons (Fsp3) is 0.400. The number of methoxy groups -OCH3 is 1. The van der Waals surface area contributed by atoms with Crippen molar-refractivity contribution < 1.29 is 9.47 Å². The minimum absolute atomic E-state index is 0.245. The molecule has 2 aliphatic rings. The van der Waals surface area contributed by atoms with Crippen molar-refractivity contribution in [3.63, 3.8) is 0 Å². The highest BCUT2D eigenvalue weighted by molar-refractivity contribution is 5.60. The molecule has 166 valence electrons. The number of anilines is 2. The number of aromatic nitrogens is 3. The zero-order chi connectivity index (χ0) is 21.9. The SMILES string of the molecule is COc1ccnc(-c2nc3c(c(N(C)[C@@H]4CCN(c5ccccc5)COC4)n2)CCC3)c1.